The Morgan fingerprint density at radius 2 is 1.87 bits per heavy atom. The Hall–Kier alpha value is -0.0400. The average Bonchev–Trinajstić information content (AvgIpc) is 2.12. The molecule has 0 spiro atoms. The zero-order chi connectivity index (χ0) is 11.3. The molecule has 1 aliphatic carbocycles. The highest BCUT2D eigenvalue weighted by molar-refractivity contribution is 4.84. The van der Waals surface area contributed by atoms with Crippen molar-refractivity contribution in [3.63, 3.8) is 0 Å². The number of nitrogens with zero attached hydrogens (tertiary/aromatic N) is 1. The number of hydrogen-bond donors (Lipinski definition) is 0. The molecule has 1 aliphatic rings. The molecule has 0 radical (unpaired) electrons. The average molecular weight is 211 g/mol. The van der Waals surface area contributed by atoms with Crippen LogP contribution in [0, 0.1) is 5.92 Å². The summed E-state index contributed by atoms with van der Waals surface area (Å²) in [5.74, 6) is 1.01. The highest BCUT2D eigenvalue weighted by Crippen LogP contribution is 2.34. The second-order valence-electron chi connectivity index (χ2n) is 5.51. The highest BCUT2D eigenvalue weighted by atomic mass is 15.2. The Labute approximate surface area is 96.2 Å². The van der Waals surface area contributed by atoms with Gasteiger partial charge in [-0.15, -0.1) is 0 Å². The minimum absolute atomic E-state index is 0.706. The van der Waals surface area contributed by atoms with E-state index in [1.807, 2.05) is 0 Å². The fourth-order valence-corrected chi connectivity index (χ4v) is 2.58. The summed E-state index contributed by atoms with van der Waals surface area (Å²) in [6.45, 7) is 6.95. The van der Waals surface area contributed by atoms with E-state index >= 15 is 0 Å². The van der Waals surface area contributed by atoms with Crippen molar-refractivity contribution in [3.8, 4) is 0 Å². The Bertz CT molecular complexity index is 161. The van der Waals surface area contributed by atoms with Gasteiger partial charge in [0.1, 0.15) is 0 Å². The maximum absolute atomic E-state index is 2.61. The van der Waals surface area contributed by atoms with E-state index in [-0.39, 0.29) is 0 Å². The molecular weight excluding hydrogens is 182 g/mol. The van der Waals surface area contributed by atoms with Crippen molar-refractivity contribution in [1.29, 1.82) is 0 Å². The molecule has 90 valence electrons. The van der Waals surface area contributed by atoms with Crippen LogP contribution >= 0.6 is 0 Å². The number of rotatable bonds is 7. The Balaban J connectivity index is 2.37. The lowest BCUT2D eigenvalue weighted by molar-refractivity contribution is 0.0853. The molecule has 1 rings (SSSR count). The molecule has 0 saturated heterocycles. The molecule has 1 atom stereocenters. The van der Waals surface area contributed by atoms with E-state index in [9.17, 15) is 0 Å². The van der Waals surface area contributed by atoms with Crippen molar-refractivity contribution in [2.45, 2.75) is 77.8 Å². The van der Waals surface area contributed by atoms with Gasteiger partial charge in [0.15, 0.2) is 0 Å². The van der Waals surface area contributed by atoms with Gasteiger partial charge in [-0.2, -0.15) is 0 Å². The fraction of sp³-hybridized carbons (Fsp3) is 1.00. The van der Waals surface area contributed by atoms with Crippen molar-refractivity contribution in [3.05, 3.63) is 0 Å². The second kappa shape index (κ2) is 6.52. The first-order valence-electron chi connectivity index (χ1n) is 6.88. The van der Waals surface area contributed by atoms with Crippen molar-refractivity contribution < 1.29 is 0 Å². The van der Waals surface area contributed by atoms with Gasteiger partial charge in [-0.1, -0.05) is 32.6 Å². The molecule has 1 heteroatoms. The van der Waals surface area contributed by atoms with Crippen molar-refractivity contribution in [2.75, 3.05) is 7.05 Å². The summed E-state index contributed by atoms with van der Waals surface area (Å²) in [5, 5.41) is 0. The predicted molar refractivity (Wildman–Crippen MR) is 68.2 cm³/mol. The Kier molecular flexibility index (Phi) is 5.66. The molecule has 0 bridgehead atoms. The molecule has 1 fully saturated rings. The van der Waals surface area contributed by atoms with Gasteiger partial charge in [0.25, 0.3) is 0 Å². The maximum Gasteiger partial charge on any atom is 0.0123 e. The molecule has 0 N–H and O–H groups in total. The molecule has 0 aromatic carbocycles. The molecule has 15 heavy (non-hydrogen) atoms. The lowest BCUT2D eigenvalue weighted by atomic mass is 9.77. The minimum Gasteiger partial charge on any atom is -0.301 e. The van der Waals surface area contributed by atoms with Gasteiger partial charge in [-0.05, 0) is 46.1 Å². The molecule has 1 unspecified atom stereocenters. The largest absolute Gasteiger partial charge is 0.301 e. The van der Waals surface area contributed by atoms with Gasteiger partial charge in [0.05, 0.1) is 0 Å². The van der Waals surface area contributed by atoms with Crippen LogP contribution in [0.1, 0.15) is 65.7 Å². The lowest BCUT2D eigenvalue weighted by Gasteiger charge is -2.41. The zero-order valence-electron chi connectivity index (χ0n) is 11.1. The number of unbranched alkanes of at least 4 members (excludes halogenated alkanes) is 2. The standard InChI is InChI=1S/C14H29N/c1-5-6-7-11-14(13-9-8-10-13)15(4)12(2)3/h12-14H,5-11H2,1-4H3. The molecule has 0 aromatic heterocycles. The second-order valence-corrected chi connectivity index (χ2v) is 5.51. The summed E-state index contributed by atoms with van der Waals surface area (Å²) in [6, 6.07) is 1.57. The van der Waals surface area contributed by atoms with Crippen molar-refractivity contribution in [2.24, 2.45) is 5.92 Å². The minimum atomic E-state index is 0.706. The Morgan fingerprint density at radius 1 is 1.20 bits per heavy atom. The summed E-state index contributed by atoms with van der Waals surface area (Å²) in [7, 11) is 2.32. The highest BCUT2D eigenvalue weighted by Gasteiger charge is 2.30. The normalized spacial score (nSPS) is 19.6. The van der Waals surface area contributed by atoms with E-state index in [1.54, 1.807) is 0 Å². The summed E-state index contributed by atoms with van der Waals surface area (Å²) in [4.78, 5) is 2.61. The van der Waals surface area contributed by atoms with Crippen molar-refractivity contribution >= 4 is 0 Å². The van der Waals surface area contributed by atoms with Crippen LogP contribution in [0.3, 0.4) is 0 Å². The molecule has 1 nitrogen and oxygen atoms in total. The Morgan fingerprint density at radius 3 is 2.27 bits per heavy atom. The van der Waals surface area contributed by atoms with E-state index in [1.165, 1.54) is 44.9 Å². The zero-order valence-corrected chi connectivity index (χ0v) is 11.1. The van der Waals surface area contributed by atoms with E-state index in [0.717, 1.165) is 12.0 Å². The summed E-state index contributed by atoms with van der Waals surface area (Å²) >= 11 is 0. The molecule has 0 aliphatic heterocycles. The third-order valence-corrected chi connectivity index (χ3v) is 4.14. The van der Waals surface area contributed by atoms with Crippen LogP contribution in [-0.4, -0.2) is 24.0 Å². The third kappa shape index (κ3) is 3.79. The van der Waals surface area contributed by atoms with Gasteiger partial charge >= 0.3 is 0 Å². The third-order valence-electron chi connectivity index (χ3n) is 4.14. The molecule has 0 amide bonds. The van der Waals surface area contributed by atoms with Gasteiger partial charge in [-0.25, -0.2) is 0 Å². The van der Waals surface area contributed by atoms with Crippen LogP contribution in [-0.2, 0) is 0 Å². The van der Waals surface area contributed by atoms with Gasteiger partial charge < -0.3 is 4.90 Å². The predicted octanol–water partition coefficient (Wildman–Crippen LogP) is 4.08. The first-order valence-corrected chi connectivity index (χ1v) is 6.88. The van der Waals surface area contributed by atoms with E-state index in [2.05, 4.69) is 32.7 Å². The fourth-order valence-electron chi connectivity index (χ4n) is 2.58. The van der Waals surface area contributed by atoms with E-state index in [0.29, 0.717) is 6.04 Å². The molecule has 1 saturated carbocycles. The van der Waals surface area contributed by atoms with E-state index < -0.39 is 0 Å². The monoisotopic (exact) mass is 211 g/mol. The summed E-state index contributed by atoms with van der Waals surface area (Å²) < 4.78 is 0. The molecule has 0 aromatic rings. The SMILES string of the molecule is CCCCCC(C1CCC1)N(C)C(C)C. The van der Waals surface area contributed by atoms with E-state index in [4.69, 9.17) is 0 Å². The topological polar surface area (TPSA) is 3.24 Å². The van der Waals surface area contributed by atoms with Crippen LogP contribution in [0.5, 0.6) is 0 Å². The summed E-state index contributed by atoms with van der Waals surface area (Å²) in [5.41, 5.74) is 0. The van der Waals surface area contributed by atoms with Crippen LogP contribution < -0.4 is 0 Å². The molecular formula is C14H29N. The number of hydrogen-bond acceptors (Lipinski definition) is 1. The van der Waals surface area contributed by atoms with Gasteiger partial charge in [0.2, 0.25) is 0 Å². The first kappa shape index (κ1) is 13.0. The van der Waals surface area contributed by atoms with Crippen LogP contribution in [0.15, 0.2) is 0 Å². The maximum atomic E-state index is 2.61. The summed E-state index contributed by atoms with van der Waals surface area (Å²) in [6.07, 6.45) is 10.0. The van der Waals surface area contributed by atoms with Crippen LogP contribution in [0.4, 0.5) is 0 Å². The quantitative estimate of drug-likeness (QED) is 0.574. The van der Waals surface area contributed by atoms with Crippen LogP contribution in [0.25, 0.3) is 0 Å². The first-order chi connectivity index (χ1) is 7.16. The van der Waals surface area contributed by atoms with Crippen molar-refractivity contribution in [1.82, 2.24) is 4.90 Å². The van der Waals surface area contributed by atoms with Gasteiger partial charge in [0, 0.05) is 12.1 Å². The van der Waals surface area contributed by atoms with Gasteiger partial charge in [-0.3, -0.25) is 0 Å². The lowest BCUT2D eigenvalue weighted by Crippen LogP contribution is -2.44. The smallest absolute Gasteiger partial charge is 0.0123 e. The molecule has 0 heterocycles. The van der Waals surface area contributed by atoms with Crippen LogP contribution in [0.2, 0.25) is 0 Å².